The van der Waals surface area contributed by atoms with E-state index in [1.165, 1.54) is 0 Å². The lowest BCUT2D eigenvalue weighted by Crippen LogP contribution is -2.45. The molecule has 0 N–H and O–H groups in total. The first-order valence-corrected chi connectivity index (χ1v) is 7.34. The average Bonchev–Trinajstić information content (AvgIpc) is 2.43. The zero-order valence-electron chi connectivity index (χ0n) is 11.1. The van der Waals surface area contributed by atoms with Gasteiger partial charge in [0.2, 0.25) is 5.91 Å². The lowest BCUT2D eigenvalue weighted by Gasteiger charge is -2.31. The van der Waals surface area contributed by atoms with E-state index in [4.69, 9.17) is 9.47 Å². The molecule has 1 aliphatic rings. The number of carbonyl (C=O) groups is 1. The molecule has 0 aromatic heterocycles. The Kier molecular flexibility index (Phi) is 4.69. The van der Waals surface area contributed by atoms with Crippen molar-refractivity contribution in [3.8, 4) is 11.5 Å². The minimum atomic E-state index is -0.177. The molecular formula is C14H18BrNO3. The maximum absolute atomic E-state index is 12.0. The summed E-state index contributed by atoms with van der Waals surface area (Å²) in [6, 6.07) is 7.59. The van der Waals surface area contributed by atoms with Crippen molar-refractivity contribution in [2.24, 2.45) is 0 Å². The highest BCUT2D eigenvalue weighted by atomic mass is 79.9. The summed E-state index contributed by atoms with van der Waals surface area (Å²) >= 11 is 3.31. The Morgan fingerprint density at radius 3 is 2.79 bits per heavy atom. The third-order valence-corrected chi connectivity index (χ3v) is 3.42. The van der Waals surface area contributed by atoms with E-state index in [9.17, 15) is 4.79 Å². The number of ether oxygens (including phenoxy) is 2. The number of carbonyl (C=O) groups excluding carboxylic acids is 1. The molecule has 1 heterocycles. The summed E-state index contributed by atoms with van der Waals surface area (Å²) in [6.45, 7) is 5.47. The van der Waals surface area contributed by atoms with Crippen LogP contribution in [0.2, 0.25) is 0 Å². The molecule has 1 aromatic carbocycles. The standard InChI is InChI=1S/C14H18BrNO3/c1-3-16(14(17)10(2)15)8-11-9-18-12-6-4-5-7-13(12)19-11/h4-7,10-11H,3,8-9H2,1-2H3. The quantitative estimate of drug-likeness (QED) is 0.797. The van der Waals surface area contributed by atoms with Crippen molar-refractivity contribution in [3.63, 3.8) is 0 Å². The maximum Gasteiger partial charge on any atom is 0.236 e. The number of nitrogens with zero attached hydrogens (tertiary/aromatic N) is 1. The number of benzene rings is 1. The second-order valence-corrected chi connectivity index (χ2v) is 5.86. The molecule has 0 saturated heterocycles. The largest absolute Gasteiger partial charge is 0.486 e. The van der Waals surface area contributed by atoms with Gasteiger partial charge in [0.05, 0.1) is 11.4 Å². The molecular weight excluding hydrogens is 310 g/mol. The van der Waals surface area contributed by atoms with Crippen molar-refractivity contribution in [1.29, 1.82) is 0 Å². The molecule has 2 rings (SSSR count). The highest BCUT2D eigenvalue weighted by molar-refractivity contribution is 9.10. The second kappa shape index (κ2) is 6.28. The van der Waals surface area contributed by atoms with E-state index < -0.39 is 0 Å². The summed E-state index contributed by atoms with van der Waals surface area (Å²) in [4.78, 5) is 13.6. The summed E-state index contributed by atoms with van der Waals surface area (Å²) in [7, 11) is 0. The Morgan fingerprint density at radius 2 is 2.16 bits per heavy atom. The molecule has 0 fully saturated rings. The van der Waals surface area contributed by atoms with Gasteiger partial charge in [-0.05, 0) is 26.0 Å². The van der Waals surface area contributed by atoms with Crippen LogP contribution in [-0.4, -0.2) is 41.4 Å². The van der Waals surface area contributed by atoms with Crippen LogP contribution in [0, 0.1) is 0 Å². The van der Waals surface area contributed by atoms with E-state index in [-0.39, 0.29) is 16.8 Å². The van der Waals surface area contributed by atoms with E-state index >= 15 is 0 Å². The fraction of sp³-hybridized carbons (Fsp3) is 0.500. The van der Waals surface area contributed by atoms with Crippen LogP contribution in [0.25, 0.3) is 0 Å². The molecule has 2 atom stereocenters. The fourth-order valence-electron chi connectivity index (χ4n) is 2.03. The zero-order valence-corrected chi connectivity index (χ0v) is 12.7. The van der Waals surface area contributed by atoms with E-state index in [1.807, 2.05) is 38.1 Å². The van der Waals surface area contributed by atoms with Crippen LogP contribution < -0.4 is 9.47 Å². The molecule has 0 bridgehead atoms. The van der Waals surface area contributed by atoms with Crippen LogP contribution in [0.1, 0.15) is 13.8 Å². The molecule has 0 saturated carbocycles. The smallest absolute Gasteiger partial charge is 0.236 e. The van der Waals surface area contributed by atoms with Crippen LogP contribution in [-0.2, 0) is 4.79 Å². The molecule has 1 aromatic rings. The van der Waals surface area contributed by atoms with Crippen LogP contribution in [0.4, 0.5) is 0 Å². The third kappa shape index (κ3) is 3.41. The van der Waals surface area contributed by atoms with Gasteiger partial charge >= 0.3 is 0 Å². The molecule has 0 radical (unpaired) electrons. The Morgan fingerprint density at radius 1 is 1.47 bits per heavy atom. The minimum absolute atomic E-state index is 0.0740. The molecule has 2 unspecified atom stereocenters. The maximum atomic E-state index is 12.0. The normalized spacial score (nSPS) is 18.8. The van der Waals surface area contributed by atoms with Crippen molar-refractivity contribution in [2.75, 3.05) is 19.7 Å². The third-order valence-electron chi connectivity index (χ3n) is 3.03. The van der Waals surface area contributed by atoms with Gasteiger partial charge in [-0.15, -0.1) is 0 Å². The molecule has 4 nitrogen and oxygen atoms in total. The van der Waals surface area contributed by atoms with Crippen molar-refractivity contribution >= 4 is 21.8 Å². The van der Waals surface area contributed by atoms with Crippen LogP contribution in [0.5, 0.6) is 11.5 Å². The Labute approximate surface area is 121 Å². The number of likely N-dealkylation sites (N-methyl/N-ethyl adjacent to an activating group) is 1. The Hall–Kier alpha value is -1.23. The molecule has 5 heteroatoms. The van der Waals surface area contributed by atoms with Crippen LogP contribution in [0.3, 0.4) is 0 Å². The first kappa shape index (κ1) is 14.2. The fourth-order valence-corrected chi connectivity index (χ4v) is 2.31. The second-order valence-electron chi connectivity index (χ2n) is 4.49. The van der Waals surface area contributed by atoms with Crippen LogP contribution in [0.15, 0.2) is 24.3 Å². The van der Waals surface area contributed by atoms with Gasteiger partial charge in [0.25, 0.3) is 0 Å². The number of rotatable bonds is 4. The monoisotopic (exact) mass is 327 g/mol. The minimum Gasteiger partial charge on any atom is -0.486 e. The summed E-state index contributed by atoms with van der Waals surface area (Å²) < 4.78 is 11.5. The van der Waals surface area contributed by atoms with Gasteiger partial charge in [0.1, 0.15) is 6.61 Å². The molecule has 19 heavy (non-hydrogen) atoms. The average molecular weight is 328 g/mol. The highest BCUT2D eigenvalue weighted by Gasteiger charge is 2.25. The number of para-hydroxylation sites is 2. The number of alkyl halides is 1. The van der Waals surface area contributed by atoms with Gasteiger partial charge in [-0.1, -0.05) is 28.1 Å². The van der Waals surface area contributed by atoms with Gasteiger partial charge in [0.15, 0.2) is 17.6 Å². The van der Waals surface area contributed by atoms with Gasteiger partial charge in [-0.25, -0.2) is 0 Å². The van der Waals surface area contributed by atoms with E-state index in [2.05, 4.69) is 15.9 Å². The van der Waals surface area contributed by atoms with Gasteiger partial charge in [-0.3, -0.25) is 4.79 Å². The topological polar surface area (TPSA) is 38.8 Å². The summed E-state index contributed by atoms with van der Waals surface area (Å²) in [5.74, 6) is 1.58. The molecule has 1 aliphatic heterocycles. The molecule has 0 spiro atoms. The summed E-state index contributed by atoms with van der Waals surface area (Å²) in [5, 5.41) is 0. The first-order chi connectivity index (χ1) is 9.11. The number of hydrogen-bond donors (Lipinski definition) is 0. The van der Waals surface area contributed by atoms with Crippen molar-refractivity contribution in [1.82, 2.24) is 4.90 Å². The number of amides is 1. The lowest BCUT2D eigenvalue weighted by atomic mass is 10.2. The van der Waals surface area contributed by atoms with Gasteiger partial charge in [0, 0.05) is 6.54 Å². The molecule has 1 amide bonds. The first-order valence-electron chi connectivity index (χ1n) is 6.43. The predicted molar refractivity (Wildman–Crippen MR) is 77.0 cm³/mol. The Balaban J connectivity index is 1.99. The summed E-state index contributed by atoms with van der Waals surface area (Å²) in [6.07, 6.45) is -0.120. The number of fused-ring (bicyclic) bond motifs is 1. The predicted octanol–water partition coefficient (Wildman–Crippen LogP) is 2.46. The van der Waals surface area contributed by atoms with Gasteiger partial charge in [-0.2, -0.15) is 0 Å². The highest BCUT2D eigenvalue weighted by Crippen LogP contribution is 2.31. The van der Waals surface area contributed by atoms with E-state index in [0.717, 1.165) is 11.5 Å². The Bertz CT molecular complexity index is 450. The lowest BCUT2D eigenvalue weighted by molar-refractivity contribution is -0.131. The van der Waals surface area contributed by atoms with Crippen molar-refractivity contribution < 1.29 is 14.3 Å². The van der Waals surface area contributed by atoms with Crippen molar-refractivity contribution in [2.45, 2.75) is 24.8 Å². The number of halogens is 1. The van der Waals surface area contributed by atoms with Gasteiger partial charge < -0.3 is 14.4 Å². The van der Waals surface area contributed by atoms with E-state index in [0.29, 0.717) is 19.7 Å². The summed E-state index contributed by atoms with van der Waals surface area (Å²) in [5.41, 5.74) is 0. The molecule has 0 aliphatic carbocycles. The van der Waals surface area contributed by atoms with Crippen molar-refractivity contribution in [3.05, 3.63) is 24.3 Å². The SMILES string of the molecule is CCN(CC1COc2ccccc2O1)C(=O)C(C)Br. The zero-order chi connectivity index (χ0) is 13.8. The van der Waals surface area contributed by atoms with Crippen LogP contribution >= 0.6 is 15.9 Å². The van der Waals surface area contributed by atoms with E-state index in [1.54, 1.807) is 4.90 Å². The molecule has 104 valence electrons. The number of hydrogen-bond acceptors (Lipinski definition) is 3.